The lowest BCUT2D eigenvalue weighted by molar-refractivity contribution is 0.368. The molecule has 4 aromatic carbocycles. The third-order valence-electron chi connectivity index (χ3n) is 5.37. The first-order valence-electron chi connectivity index (χ1n) is 11.2. The largest absolute Gasteiger partial charge is 0.673 e. The third kappa shape index (κ3) is 7.22. The van der Waals surface area contributed by atoms with Gasteiger partial charge in [-0.15, -0.1) is 0 Å². The standard InChI is InChI=1S/C29H19Cl2O.BF4/c30-24-15-11-20(12-16-24)26-19-27(21-13-17-25(31)18-14-21)32-29(23-9-5-2-6-10-23)28(26)22-7-3-1-4-8-22;2-1(3,4)5/h1-19H;/q+1;-1. The van der Waals surface area contributed by atoms with Gasteiger partial charge in [-0.05, 0) is 59.7 Å². The van der Waals surface area contributed by atoms with Crippen molar-refractivity contribution in [1.82, 2.24) is 0 Å². The van der Waals surface area contributed by atoms with Crippen molar-refractivity contribution in [2.75, 3.05) is 0 Å². The molecule has 0 radical (unpaired) electrons. The summed E-state index contributed by atoms with van der Waals surface area (Å²) in [5.74, 6) is 1.58. The molecule has 0 saturated heterocycles. The van der Waals surface area contributed by atoms with Crippen LogP contribution in [0.3, 0.4) is 0 Å². The van der Waals surface area contributed by atoms with Gasteiger partial charge in [0, 0.05) is 15.6 Å². The smallest absolute Gasteiger partial charge is 0.418 e. The molecule has 0 unspecified atom stereocenters. The van der Waals surface area contributed by atoms with Gasteiger partial charge in [-0.2, -0.15) is 0 Å². The van der Waals surface area contributed by atoms with Gasteiger partial charge in [0.05, 0.1) is 22.8 Å². The maximum absolute atomic E-state index is 9.75. The normalized spacial score (nSPS) is 11.0. The monoisotopic (exact) mass is 540 g/mol. The molecule has 0 bridgehead atoms. The summed E-state index contributed by atoms with van der Waals surface area (Å²) < 4.78 is 45.6. The molecule has 1 aromatic heterocycles. The zero-order valence-corrected chi connectivity index (χ0v) is 20.7. The first kappa shape index (κ1) is 26.5. The van der Waals surface area contributed by atoms with E-state index in [-0.39, 0.29) is 0 Å². The van der Waals surface area contributed by atoms with Gasteiger partial charge in [0.1, 0.15) is 0 Å². The molecule has 0 saturated carbocycles. The predicted molar refractivity (Wildman–Crippen MR) is 145 cm³/mol. The highest BCUT2D eigenvalue weighted by atomic mass is 35.5. The fraction of sp³-hybridized carbons (Fsp3) is 0. The zero-order valence-electron chi connectivity index (χ0n) is 19.2. The van der Waals surface area contributed by atoms with E-state index in [1.54, 1.807) is 0 Å². The highest BCUT2D eigenvalue weighted by Gasteiger charge is 2.28. The lowest BCUT2D eigenvalue weighted by atomic mass is 9.91. The first-order chi connectivity index (χ1) is 17.7. The maximum Gasteiger partial charge on any atom is 0.673 e. The Hall–Kier alpha value is -3.61. The van der Waals surface area contributed by atoms with Crippen molar-refractivity contribution < 1.29 is 21.7 Å². The van der Waals surface area contributed by atoms with Gasteiger partial charge in [0.25, 0.3) is 0 Å². The second-order valence-electron chi connectivity index (χ2n) is 7.97. The van der Waals surface area contributed by atoms with E-state index < -0.39 is 7.25 Å². The van der Waals surface area contributed by atoms with Gasteiger partial charge in [-0.3, -0.25) is 0 Å². The van der Waals surface area contributed by atoms with E-state index in [2.05, 4.69) is 30.3 Å². The molecule has 0 atom stereocenters. The Morgan fingerprint density at radius 2 is 0.946 bits per heavy atom. The molecular weight excluding hydrogens is 522 g/mol. The Morgan fingerprint density at radius 3 is 1.43 bits per heavy atom. The van der Waals surface area contributed by atoms with Crippen LogP contribution in [0.2, 0.25) is 10.0 Å². The van der Waals surface area contributed by atoms with Gasteiger partial charge in [0.15, 0.2) is 0 Å². The fourth-order valence-electron chi connectivity index (χ4n) is 3.81. The average Bonchev–Trinajstić information content (AvgIpc) is 2.89. The lowest BCUT2D eigenvalue weighted by Crippen LogP contribution is -2.02. The summed E-state index contributed by atoms with van der Waals surface area (Å²) in [5.41, 5.74) is 6.23. The average molecular weight is 541 g/mol. The summed E-state index contributed by atoms with van der Waals surface area (Å²) in [6.07, 6.45) is 0. The SMILES string of the molecule is Clc1ccc(-c2cc(-c3ccc(Cl)cc3)c(-c3ccccc3)c(-c3ccccc3)[o+]2)cc1.F[B-](F)(F)F. The van der Waals surface area contributed by atoms with E-state index in [4.69, 9.17) is 27.6 Å². The molecule has 186 valence electrons. The van der Waals surface area contributed by atoms with Crippen LogP contribution in [0.5, 0.6) is 0 Å². The minimum Gasteiger partial charge on any atom is -0.418 e. The second-order valence-corrected chi connectivity index (χ2v) is 8.84. The van der Waals surface area contributed by atoms with Crippen molar-refractivity contribution in [2.45, 2.75) is 0 Å². The highest BCUT2D eigenvalue weighted by molar-refractivity contribution is 6.50. The van der Waals surface area contributed by atoms with E-state index in [0.717, 1.165) is 44.9 Å². The summed E-state index contributed by atoms with van der Waals surface area (Å²) in [6, 6.07) is 38.3. The van der Waals surface area contributed by atoms with Crippen molar-refractivity contribution in [2.24, 2.45) is 0 Å². The van der Waals surface area contributed by atoms with Crippen LogP contribution in [0.15, 0.2) is 120 Å². The van der Waals surface area contributed by atoms with Crippen LogP contribution in [-0.4, -0.2) is 7.25 Å². The van der Waals surface area contributed by atoms with Crippen molar-refractivity contribution >= 4 is 30.5 Å². The van der Waals surface area contributed by atoms with Crippen LogP contribution in [-0.2, 0) is 0 Å². The molecule has 0 amide bonds. The number of halogens is 6. The first-order valence-corrected chi connectivity index (χ1v) is 12.0. The summed E-state index contributed by atoms with van der Waals surface area (Å²) in [6.45, 7) is 0. The maximum atomic E-state index is 9.75. The Kier molecular flexibility index (Phi) is 8.32. The van der Waals surface area contributed by atoms with Gasteiger partial charge in [-0.25, -0.2) is 4.42 Å². The molecule has 0 aliphatic carbocycles. The van der Waals surface area contributed by atoms with Crippen LogP contribution < -0.4 is 0 Å². The highest BCUT2D eigenvalue weighted by Crippen LogP contribution is 2.43. The molecule has 0 N–H and O–H groups in total. The van der Waals surface area contributed by atoms with Crippen LogP contribution in [0, 0.1) is 0 Å². The Bertz CT molecular complexity index is 1450. The van der Waals surface area contributed by atoms with E-state index in [9.17, 15) is 17.3 Å². The van der Waals surface area contributed by atoms with Crippen molar-refractivity contribution in [3.05, 3.63) is 125 Å². The molecule has 37 heavy (non-hydrogen) atoms. The summed E-state index contributed by atoms with van der Waals surface area (Å²) in [7, 11) is -6.00. The number of hydrogen-bond acceptors (Lipinski definition) is 0. The number of rotatable bonds is 4. The Balaban J connectivity index is 0.000000586. The van der Waals surface area contributed by atoms with E-state index in [0.29, 0.717) is 10.0 Å². The van der Waals surface area contributed by atoms with Crippen LogP contribution in [0.4, 0.5) is 17.3 Å². The van der Waals surface area contributed by atoms with E-state index in [1.165, 1.54) is 0 Å². The molecule has 1 nitrogen and oxygen atoms in total. The van der Waals surface area contributed by atoms with Gasteiger partial charge < -0.3 is 17.3 Å². The minimum atomic E-state index is -6.00. The lowest BCUT2D eigenvalue weighted by Gasteiger charge is -2.11. The molecule has 5 rings (SSSR count). The molecule has 5 aromatic rings. The zero-order chi connectivity index (χ0) is 26.4. The molecule has 0 fully saturated rings. The topological polar surface area (TPSA) is 11.3 Å². The van der Waals surface area contributed by atoms with Gasteiger partial charge >= 0.3 is 18.8 Å². The molecule has 1 heterocycles. The van der Waals surface area contributed by atoms with E-state index in [1.807, 2.05) is 84.9 Å². The number of benzene rings is 4. The molecular formula is C29H19BCl2F4O. The van der Waals surface area contributed by atoms with Crippen LogP contribution in [0.1, 0.15) is 0 Å². The predicted octanol–water partition coefficient (Wildman–Crippen LogP) is 10.8. The fourth-order valence-corrected chi connectivity index (χ4v) is 4.07. The Labute approximate surface area is 222 Å². The molecule has 8 heteroatoms. The van der Waals surface area contributed by atoms with Crippen LogP contribution >= 0.6 is 23.2 Å². The number of hydrogen-bond donors (Lipinski definition) is 0. The Morgan fingerprint density at radius 1 is 0.514 bits per heavy atom. The molecule has 0 spiro atoms. The summed E-state index contributed by atoms with van der Waals surface area (Å²) in [5, 5.41) is 1.40. The van der Waals surface area contributed by atoms with Crippen molar-refractivity contribution in [1.29, 1.82) is 0 Å². The minimum absolute atomic E-state index is 0.691. The summed E-state index contributed by atoms with van der Waals surface area (Å²) in [4.78, 5) is 0. The molecule has 0 aliphatic heterocycles. The quantitative estimate of drug-likeness (QED) is 0.125. The van der Waals surface area contributed by atoms with Gasteiger partial charge in [-0.1, -0.05) is 83.9 Å². The van der Waals surface area contributed by atoms with Gasteiger partial charge in [0.2, 0.25) is 0 Å². The second kappa shape index (κ2) is 11.6. The van der Waals surface area contributed by atoms with E-state index >= 15 is 0 Å². The molecule has 0 aliphatic rings. The third-order valence-corrected chi connectivity index (χ3v) is 5.87. The van der Waals surface area contributed by atoms with Crippen molar-refractivity contribution in [3.8, 4) is 44.9 Å². The summed E-state index contributed by atoms with van der Waals surface area (Å²) >= 11 is 12.3. The van der Waals surface area contributed by atoms with Crippen molar-refractivity contribution in [3.63, 3.8) is 0 Å². The van der Waals surface area contributed by atoms with Crippen LogP contribution in [0.25, 0.3) is 44.9 Å².